The summed E-state index contributed by atoms with van der Waals surface area (Å²) in [5.74, 6) is -34.0. The summed E-state index contributed by atoms with van der Waals surface area (Å²) in [5, 5.41) is 1.31. The Morgan fingerprint density at radius 3 is 1.33 bits per heavy atom. The number of carbonyl (C=O) groups excluding carboxylic acids is 2. The Hall–Kier alpha value is -2.12. The van der Waals surface area contributed by atoms with Crippen LogP contribution in [0.3, 0.4) is 0 Å². The van der Waals surface area contributed by atoms with Crippen LogP contribution in [0.5, 0.6) is 0 Å². The summed E-state index contributed by atoms with van der Waals surface area (Å²) in [6.07, 6.45) is -20.9. The van der Waals surface area contributed by atoms with Gasteiger partial charge in [-0.05, 0) is 6.92 Å². The van der Waals surface area contributed by atoms with E-state index in [9.17, 15) is 71.1 Å². The molecule has 1 saturated heterocycles. The number of alkyl halides is 14. The van der Waals surface area contributed by atoms with E-state index in [1.807, 2.05) is 0 Å². The van der Waals surface area contributed by atoms with Gasteiger partial charge in [-0.15, -0.1) is 0 Å². The van der Waals surface area contributed by atoms with E-state index >= 15 is 0 Å². The highest BCUT2D eigenvalue weighted by atomic mass is 19.4. The lowest BCUT2D eigenvalue weighted by molar-refractivity contribution is -0.345. The molecule has 0 saturated carbocycles. The fourth-order valence-electron chi connectivity index (χ4n) is 2.00. The maximum atomic E-state index is 13.4. The van der Waals surface area contributed by atoms with Crippen molar-refractivity contribution in [2.75, 3.05) is 6.61 Å². The lowest BCUT2D eigenvalue weighted by atomic mass is 10.1. The third-order valence-electron chi connectivity index (χ3n) is 3.78. The van der Waals surface area contributed by atoms with Crippen LogP contribution in [0.2, 0.25) is 0 Å². The van der Waals surface area contributed by atoms with E-state index in [4.69, 9.17) is 0 Å². The van der Waals surface area contributed by atoms with E-state index in [0.29, 0.717) is 10.6 Å². The van der Waals surface area contributed by atoms with Gasteiger partial charge in [0.05, 0.1) is 12.7 Å². The van der Waals surface area contributed by atoms with Crippen molar-refractivity contribution in [3.8, 4) is 0 Å². The van der Waals surface area contributed by atoms with Crippen molar-refractivity contribution in [2.24, 2.45) is 0 Å². The van der Waals surface area contributed by atoms with Crippen LogP contribution in [0.1, 0.15) is 6.92 Å². The normalized spacial score (nSPS) is 23.8. The largest absolute Gasteiger partial charge is 0.460 e. The zero-order valence-corrected chi connectivity index (χ0v) is 15.4. The Balaban J connectivity index is 3.14. The smallest absolute Gasteiger partial charge is 0.351 e. The first-order valence-corrected chi connectivity index (χ1v) is 7.95. The van der Waals surface area contributed by atoms with Crippen molar-refractivity contribution in [3.63, 3.8) is 0 Å². The molecule has 194 valence electrons. The molecule has 20 heteroatoms. The summed E-state index contributed by atoms with van der Waals surface area (Å²) in [7, 11) is 0. The number of amides is 2. The fraction of sp³-hybridized carbons (Fsp3) is 0.846. The van der Waals surface area contributed by atoms with E-state index in [1.54, 1.807) is 0 Å². The van der Waals surface area contributed by atoms with Gasteiger partial charge in [0.25, 0.3) is 11.8 Å². The summed E-state index contributed by atoms with van der Waals surface area (Å²) in [6.45, 7) is 0.139. The Kier molecular flexibility index (Phi) is 7.52. The summed E-state index contributed by atoms with van der Waals surface area (Å²) in [4.78, 5) is 22.7. The Bertz CT molecular complexity index is 750. The number of halogens is 14. The fourth-order valence-corrected chi connectivity index (χ4v) is 2.00. The van der Waals surface area contributed by atoms with Gasteiger partial charge in [0, 0.05) is 0 Å². The van der Waals surface area contributed by atoms with Crippen molar-refractivity contribution >= 4 is 11.8 Å². The maximum Gasteiger partial charge on any atom is 0.460 e. The van der Waals surface area contributed by atoms with E-state index < -0.39 is 73.0 Å². The van der Waals surface area contributed by atoms with Gasteiger partial charge in [0.2, 0.25) is 0 Å². The second-order valence-corrected chi connectivity index (χ2v) is 6.36. The molecule has 3 atom stereocenters. The van der Waals surface area contributed by atoms with E-state index in [0.717, 1.165) is 6.92 Å². The molecule has 0 aromatic carbocycles. The summed E-state index contributed by atoms with van der Waals surface area (Å²) in [6, 6.07) is 0. The molecule has 2 amide bonds. The first kappa shape index (κ1) is 28.9. The van der Waals surface area contributed by atoms with Crippen molar-refractivity contribution in [2.45, 2.75) is 61.5 Å². The molecule has 33 heavy (non-hydrogen) atoms. The van der Waals surface area contributed by atoms with Gasteiger partial charge in [-0.25, -0.2) is 0 Å². The predicted octanol–water partition coefficient (Wildman–Crippen LogP) is 2.97. The van der Waals surface area contributed by atoms with Crippen LogP contribution in [0.25, 0.3) is 0 Å². The van der Waals surface area contributed by atoms with Crippen LogP contribution in [-0.4, -0.2) is 73.0 Å². The minimum Gasteiger partial charge on any atom is -0.351 e. The first-order chi connectivity index (χ1) is 14.4. The standard InChI is InChI=1S/C13H10F14N2O4/c1-3-2-32-4(28-6(30)8(14,15)10(18,19)12(22,23)24)5(33-3)29-7(31)9(16,17)11(20,21)13(25,26)27/h3-5H,2H2,1H3,(H,28,30)(H,29,31)/t3-,4-,5+/m0/s1. The Labute approximate surface area is 172 Å². The molecule has 0 unspecified atom stereocenters. The summed E-state index contributed by atoms with van der Waals surface area (Å²) in [5.41, 5.74) is 0. The molecule has 0 aromatic heterocycles. The number of nitrogens with one attached hydrogen (secondary N) is 2. The van der Waals surface area contributed by atoms with Gasteiger partial charge in [0.1, 0.15) is 0 Å². The molecule has 0 radical (unpaired) electrons. The van der Waals surface area contributed by atoms with Crippen LogP contribution in [0.15, 0.2) is 0 Å². The minimum atomic E-state index is -6.98. The first-order valence-electron chi connectivity index (χ1n) is 7.95. The molecule has 0 bridgehead atoms. The molecule has 0 aliphatic carbocycles. The topological polar surface area (TPSA) is 76.7 Å². The lowest BCUT2D eigenvalue weighted by Gasteiger charge is -2.38. The SMILES string of the molecule is C[C@H]1CO[C@H](NC(=O)C(F)(F)C(F)(F)C(F)(F)F)[C@H](NC(=O)C(F)(F)C(F)(F)C(F)(F)F)O1. The monoisotopic (exact) mass is 524 g/mol. The van der Waals surface area contributed by atoms with Gasteiger partial charge >= 0.3 is 36.0 Å². The van der Waals surface area contributed by atoms with Crippen LogP contribution in [-0.2, 0) is 19.1 Å². The van der Waals surface area contributed by atoms with Crippen LogP contribution in [0, 0.1) is 0 Å². The summed E-state index contributed by atoms with van der Waals surface area (Å²) < 4.78 is 187. The molecule has 6 nitrogen and oxygen atoms in total. The van der Waals surface area contributed by atoms with E-state index in [2.05, 4.69) is 9.47 Å². The highest BCUT2D eigenvalue weighted by Crippen LogP contribution is 2.47. The highest BCUT2D eigenvalue weighted by molar-refractivity contribution is 5.86. The molecule has 1 aliphatic heterocycles. The lowest BCUT2D eigenvalue weighted by Crippen LogP contribution is -2.67. The quantitative estimate of drug-likeness (QED) is 0.525. The molecule has 2 N–H and O–H groups in total. The van der Waals surface area contributed by atoms with E-state index in [1.165, 1.54) is 0 Å². The van der Waals surface area contributed by atoms with Gasteiger partial charge in [0.15, 0.2) is 12.5 Å². The van der Waals surface area contributed by atoms with Crippen LogP contribution < -0.4 is 10.6 Å². The predicted molar refractivity (Wildman–Crippen MR) is 72.3 cm³/mol. The van der Waals surface area contributed by atoms with Crippen LogP contribution >= 0.6 is 0 Å². The van der Waals surface area contributed by atoms with Crippen LogP contribution in [0.4, 0.5) is 61.5 Å². The zero-order valence-electron chi connectivity index (χ0n) is 15.4. The second-order valence-electron chi connectivity index (χ2n) is 6.36. The third kappa shape index (κ3) is 5.19. The number of ether oxygens (including phenoxy) is 2. The molecule has 0 aromatic rings. The Morgan fingerprint density at radius 2 is 1.00 bits per heavy atom. The number of hydrogen-bond donors (Lipinski definition) is 2. The highest BCUT2D eigenvalue weighted by Gasteiger charge is 2.77. The van der Waals surface area contributed by atoms with Gasteiger partial charge in [-0.3, -0.25) is 9.59 Å². The number of carbonyl (C=O) groups is 2. The van der Waals surface area contributed by atoms with E-state index in [-0.39, 0.29) is 0 Å². The second kappa shape index (κ2) is 8.58. The molecule has 1 fully saturated rings. The van der Waals surface area contributed by atoms with Crippen molar-refractivity contribution in [3.05, 3.63) is 0 Å². The minimum absolute atomic E-state index is 0.648. The van der Waals surface area contributed by atoms with Crippen molar-refractivity contribution in [1.82, 2.24) is 10.6 Å². The van der Waals surface area contributed by atoms with Gasteiger partial charge in [-0.2, -0.15) is 61.5 Å². The number of rotatable bonds is 6. The Morgan fingerprint density at radius 1 is 0.667 bits per heavy atom. The molecule has 1 heterocycles. The average Bonchev–Trinajstić information content (AvgIpc) is 2.61. The summed E-state index contributed by atoms with van der Waals surface area (Å²) >= 11 is 0. The molecule has 1 aliphatic rings. The van der Waals surface area contributed by atoms with Gasteiger partial charge in [-0.1, -0.05) is 0 Å². The molecule has 0 spiro atoms. The number of hydrogen-bond acceptors (Lipinski definition) is 4. The molecular weight excluding hydrogens is 514 g/mol. The van der Waals surface area contributed by atoms with Crippen molar-refractivity contribution < 1.29 is 80.5 Å². The maximum absolute atomic E-state index is 13.4. The molecular formula is C13H10F14N2O4. The van der Waals surface area contributed by atoms with Crippen molar-refractivity contribution in [1.29, 1.82) is 0 Å². The van der Waals surface area contributed by atoms with Gasteiger partial charge < -0.3 is 20.1 Å². The third-order valence-corrected chi connectivity index (χ3v) is 3.78. The zero-order chi connectivity index (χ0) is 26.4. The molecule has 1 rings (SSSR count). The average molecular weight is 524 g/mol.